The lowest BCUT2D eigenvalue weighted by Gasteiger charge is -2.20. The zero-order valence-corrected chi connectivity index (χ0v) is 15.5. The van der Waals surface area contributed by atoms with Crippen molar-refractivity contribution in [2.75, 3.05) is 7.05 Å². The summed E-state index contributed by atoms with van der Waals surface area (Å²) in [6, 6.07) is 14.5. The van der Waals surface area contributed by atoms with E-state index in [-0.39, 0.29) is 11.8 Å². The van der Waals surface area contributed by atoms with E-state index in [1.165, 1.54) is 6.08 Å². The fourth-order valence-electron chi connectivity index (χ4n) is 2.68. The number of rotatable bonds is 7. The molecule has 2 amide bonds. The summed E-state index contributed by atoms with van der Waals surface area (Å²) in [4.78, 5) is 30.2. The van der Waals surface area contributed by atoms with E-state index in [1.54, 1.807) is 54.9 Å². The number of benzene rings is 1. The highest BCUT2D eigenvalue weighted by Gasteiger charge is 2.14. The van der Waals surface area contributed by atoms with Gasteiger partial charge < -0.3 is 14.6 Å². The number of nitrogens with zero attached hydrogens (tertiary/aromatic N) is 2. The maximum Gasteiger partial charge on any atom is 0.251 e. The van der Waals surface area contributed by atoms with Crippen LogP contribution >= 0.6 is 0 Å². The number of nitrogens with one attached hydrogen (secondary N) is 1. The molecule has 28 heavy (non-hydrogen) atoms. The normalized spacial score (nSPS) is 10.8. The minimum Gasteiger partial charge on any atom is -0.467 e. The first kappa shape index (κ1) is 19.1. The fourth-order valence-corrected chi connectivity index (χ4v) is 2.68. The first-order valence-electron chi connectivity index (χ1n) is 8.86. The standard InChI is InChI=1S/C22H21N3O3/c1-23-22(27)19-9-6-18(7-10-19)15-25(16-20-5-3-13-28-20)21(26)11-8-17-4-2-12-24-14-17/h2-14H,15-16H2,1H3,(H,23,27). The lowest BCUT2D eigenvalue weighted by molar-refractivity contribution is -0.127. The predicted octanol–water partition coefficient (Wildman–Crippen LogP) is 3.28. The Balaban J connectivity index is 1.75. The van der Waals surface area contributed by atoms with Crippen molar-refractivity contribution < 1.29 is 14.0 Å². The summed E-state index contributed by atoms with van der Waals surface area (Å²) >= 11 is 0. The Bertz CT molecular complexity index is 933. The van der Waals surface area contributed by atoms with Gasteiger partial charge in [0.15, 0.2) is 0 Å². The van der Waals surface area contributed by atoms with Crippen molar-refractivity contribution in [2.24, 2.45) is 0 Å². The molecule has 0 aliphatic carbocycles. The van der Waals surface area contributed by atoms with Crippen molar-refractivity contribution >= 4 is 17.9 Å². The Morgan fingerprint density at radius 3 is 2.57 bits per heavy atom. The van der Waals surface area contributed by atoms with Crippen LogP contribution in [-0.2, 0) is 17.9 Å². The molecular weight excluding hydrogens is 354 g/mol. The maximum absolute atomic E-state index is 12.8. The molecule has 142 valence electrons. The molecular formula is C22H21N3O3. The molecule has 0 bridgehead atoms. The van der Waals surface area contributed by atoms with E-state index in [2.05, 4.69) is 10.3 Å². The largest absolute Gasteiger partial charge is 0.467 e. The number of carbonyl (C=O) groups is 2. The molecule has 3 rings (SSSR count). The van der Waals surface area contributed by atoms with E-state index < -0.39 is 0 Å². The summed E-state index contributed by atoms with van der Waals surface area (Å²) in [6.45, 7) is 0.741. The molecule has 0 unspecified atom stereocenters. The van der Waals surface area contributed by atoms with E-state index >= 15 is 0 Å². The molecule has 6 nitrogen and oxygen atoms in total. The number of carbonyl (C=O) groups excluding carboxylic acids is 2. The molecule has 2 heterocycles. The van der Waals surface area contributed by atoms with Crippen LogP contribution in [0, 0.1) is 0 Å². The number of furan rings is 1. The van der Waals surface area contributed by atoms with Crippen molar-refractivity contribution in [1.29, 1.82) is 0 Å². The van der Waals surface area contributed by atoms with E-state index in [0.717, 1.165) is 11.1 Å². The molecule has 0 saturated heterocycles. The van der Waals surface area contributed by atoms with Crippen LogP contribution in [0.3, 0.4) is 0 Å². The third-order valence-corrected chi connectivity index (χ3v) is 4.16. The topological polar surface area (TPSA) is 75.4 Å². The third-order valence-electron chi connectivity index (χ3n) is 4.16. The average molecular weight is 375 g/mol. The van der Waals surface area contributed by atoms with Crippen LogP contribution in [-0.4, -0.2) is 28.7 Å². The smallest absolute Gasteiger partial charge is 0.251 e. The number of amides is 2. The van der Waals surface area contributed by atoms with Gasteiger partial charge in [-0.1, -0.05) is 18.2 Å². The van der Waals surface area contributed by atoms with Gasteiger partial charge in [-0.15, -0.1) is 0 Å². The zero-order chi connectivity index (χ0) is 19.8. The molecule has 1 aromatic carbocycles. The van der Waals surface area contributed by atoms with Gasteiger partial charge in [-0.3, -0.25) is 14.6 Å². The summed E-state index contributed by atoms with van der Waals surface area (Å²) < 4.78 is 5.40. The Labute approximate surface area is 163 Å². The zero-order valence-electron chi connectivity index (χ0n) is 15.5. The Hall–Kier alpha value is -3.67. The second-order valence-electron chi connectivity index (χ2n) is 6.17. The van der Waals surface area contributed by atoms with Gasteiger partial charge in [-0.05, 0) is 47.5 Å². The number of hydrogen-bond donors (Lipinski definition) is 1. The van der Waals surface area contributed by atoms with E-state index in [4.69, 9.17) is 4.42 Å². The number of hydrogen-bond acceptors (Lipinski definition) is 4. The number of aromatic nitrogens is 1. The van der Waals surface area contributed by atoms with Crippen molar-refractivity contribution in [1.82, 2.24) is 15.2 Å². The molecule has 0 atom stereocenters. The van der Waals surface area contributed by atoms with Crippen molar-refractivity contribution in [3.05, 3.63) is 95.7 Å². The molecule has 0 aliphatic heterocycles. The predicted molar refractivity (Wildman–Crippen MR) is 106 cm³/mol. The Kier molecular flexibility index (Phi) is 6.36. The molecule has 0 fully saturated rings. The lowest BCUT2D eigenvalue weighted by atomic mass is 10.1. The summed E-state index contributed by atoms with van der Waals surface area (Å²) in [5.74, 6) is 0.412. The summed E-state index contributed by atoms with van der Waals surface area (Å²) in [6.07, 6.45) is 8.22. The Morgan fingerprint density at radius 2 is 1.93 bits per heavy atom. The van der Waals surface area contributed by atoms with Gasteiger partial charge in [-0.25, -0.2) is 0 Å². The van der Waals surface area contributed by atoms with Gasteiger partial charge in [0, 0.05) is 37.6 Å². The minimum absolute atomic E-state index is 0.143. The first-order chi connectivity index (χ1) is 13.7. The second-order valence-corrected chi connectivity index (χ2v) is 6.17. The maximum atomic E-state index is 12.8. The van der Waals surface area contributed by atoms with Crippen molar-refractivity contribution in [3.8, 4) is 0 Å². The van der Waals surface area contributed by atoms with Crippen LogP contribution in [0.25, 0.3) is 6.08 Å². The highest BCUT2D eigenvalue weighted by molar-refractivity contribution is 5.94. The first-order valence-corrected chi connectivity index (χ1v) is 8.86. The SMILES string of the molecule is CNC(=O)c1ccc(CN(Cc2ccco2)C(=O)C=Cc2cccnc2)cc1. The van der Waals surface area contributed by atoms with Crippen molar-refractivity contribution in [2.45, 2.75) is 13.1 Å². The molecule has 3 aromatic rings. The van der Waals surface area contributed by atoms with Crippen LogP contribution in [0.5, 0.6) is 0 Å². The highest BCUT2D eigenvalue weighted by Crippen LogP contribution is 2.13. The number of pyridine rings is 1. The summed E-state index contributed by atoms with van der Waals surface area (Å²) in [7, 11) is 1.59. The molecule has 6 heteroatoms. The molecule has 1 N–H and O–H groups in total. The quantitative estimate of drug-likeness (QED) is 0.643. The Morgan fingerprint density at radius 1 is 1.11 bits per heavy atom. The minimum atomic E-state index is -0.144. The monoisotopic (exact) mass is 375 g/mol. The highest BCUT2D eigenvalue weighted by atomic mass is 16.3. The van der Waals surface area contributed by atoms with E-state index in [0.29, 0.717) is 24.4 Å². The summed E-state index contributed by atoms with van der Waals surface area (Å²) in [5.41, 5.74) is 2.35. The van der Waals surface area contributed by atoms with Gasteiger partial charge >= 0.3 is 0 Å². The van der Waals surface area contributed by atoms with Gasteiger partial charge in [-0.2, -0.15) is 0 Å². The molecule has 0 saturated carbocycles. The molecule has 0 radical (unpaired) electrons. The van der Waals surface area contributed by atoms with Crippen LogP contribution in [0.4, 0.5) is 0 Å². The van der Waals surface area contributed by atoms with Gasteiger partial charge in [0.05, 0.1) is 12.8 Å². The van der Waals surface area contributed by atoms with Gasteiger partial charge in [0.25, 0.3) is 5.91 Å². The van der Waals surface area contributed by atoms with Crippen LogP contribution in [0.1, 0.15) is 27.2 Å². The average Bonchev–Trinajstić information content (AvgIpc) is 3.25. The van der Waals surface area contributed by atoms with Crippen LogP contribution < -0.4 is 5.32 Å². The van der Waals surface area contributed by atoms with E-state index in [9.17, 15) is 9.59 Å². The van der Waals surface area contributed by atoms with Crippen LogP contribution in [0.2, 0.25) is 0 Å². The molecule has 0 aliphatic rings. The lowest BCUT2D eigenvalue weighted by Crippen LogP contribution is -2.28. The van der Waals surface area contributed by atoms with Crippen molar-refractivity contribution in [3.63, 3.8) is 0 Å². The van der Waals surface area contributed by atoms with Gasteiger partial charge in [0.2, 0.25) is 5.91 Å². The third kappa shape index (κ3) is 5.17. The molecule has 0 spiro atoms. The van der Waals surface area contributed by atoms with Gasteiger partial charge in [0.1, 0.15) is 5.76 Å². The fraction of sp³-hybridized carbons (Fsp3) is 0.136. The molecule has 2 aromatic heterocycles. The second kappa shape index (κ2) is 9.32. The van der Waals surface area contributed by atoms with Crippen LogP contribution in [0.15, 0.2) is 77.7 Å². The summed E-state index contributed by atoms with van der Waals surface area (Å²) in [5, 5.41) is 2.59. The van der Waals surface area contributed by atoms with E-state index in [1.807, 2.05) is 30.3 Å².